The molecular weight excluding hydrogens is 402 g/mol. The van der Waals surface area contributed by atoms with Gasteiger partial charge in [-0.15, -0.1) is 0 Å². The first kappa shape index (κ1) is 23.1. The minimum absolute atomic E-state index is 0.0157. The molecule has 0 aliphatic heterocycles. The molecule has 32 heavy (non-hydrogen) atoms. The monoisotopic (exact) mass is 431 g/mol. The van der Waals surface area contributed by atoms with Crippen molar-refractivity contribution in [3.05, 3.63) is 95.6 Å². The molecule has 3 aromatic rings. The number of carbonyl (C=O) groups is 2. The number of methoxy groups -OCH3 is 1. The van der Waals surface area contributed by atoms with E-state index in [0.717, 1.165) is 29.5 Å². The first-order valence-electron chi connectivity index (χ1n) is 10.8. The Balaban J connectivity index is 1.50. The number of esters is 1. The van der Waals surface area contributed by atoms with Gasteiger partial charge >= 0.3 is 5.97 Å². The van der Waals surface area contributed by atoms with E-state index in [0.29, 0.717) is 17.9 Å². The van der Waals surface area contributed by atoms with Gasteiger partial charge in [-0.05, 0) is 48.6 Å². The van der Waals surface area contributed by atoms with Crippen molar-refractivity contribution in [3.8, 4) is 11.5 Å². The SMILES string of the molecule is COc1cc(CC[C@H](C)NC(=O)Cc2ccccc2)ccc1OC(=O)Cc1ccccc1. The molecule has 0 saturated heterocycles. The summed E-state index contributed by atoms with van der Waals surface area (Å²) in [6, 6.07) is 24.8. The molecule has 1 N–H and O–H groups in total. The maximum absolute atomic E-state index is 12.3. The Kier molecular flexibility index (Phi) is 8.44. The van der Waals surface area contributed by atoms with Crippen LogP contribution in [-0.4, -0.2) is 25.0 Å². The predicted molar refractivity (Wildman–Crippen MR) is 125 cm³/mol. The summed E-state index contributed by atoms with van der Waals surface area (Å²) in [5.74, 6) is 0.602. The van der Waals surface area contributed by atoms with Crippen molar-refractivity contribution in [3.63, 3.8) is 0 Å². The Labute approximate surface area is 189 Å². The van der Waals surface area contributed by atoms with Gasteiger partial charge in [-0.2, -0.15) is 0 Å². The second kappa shape index (κ2) is 11.7. The van der Waals surface area contributed by atoms with Crippen molar-refractivity contribution in [2.75, 3.05) is 7.11 Å². The molecule has 1 atom stereocenters. The van der Waals surface area contributed by atoms with E-state index in [1.54, 1.807) is 13.2 Å². The van der Waals surface area contributed by atoms with Gasteiger partial charge in [0.25, 0.3) is 0 Å². The van der Waals surface area contributed by atoms with E-state index >= 15 is 0 Å². The zero-order valence-electron chi connectivity index (χ0n) is 18.5. The normalized spacial score (nSPS) is 11.4. The molecule has 0 fully saturated rings. The average Bonchev–Trinajstić information content (AvgIpc) is 2.79. The molecule has 166 valence electrons. The van der Waals surface area contributed by atoms with Gasteiger partial charge < -0.3 is 14.8 Å². The van der Waals surface area contributed by atoms with Crippen molar-refractivity contribution in [1.82, 2.24) is 5.32 Å². The zero-order chi connectivity index (χ0) is 22.8. The van der Waals surface area contributed by atoms with E-state index in [1.807, 2.05) is 79.7 Å². The van der Waals surface area contributed by atoms with Crippen LogP contribution < -0.4 is 14.8 Å². The lowest BCUT2D eigenvalue weighted by Gasteiger charge is -2.15. The van der Waals surface area contributed by atoms with E-state index in [9.17, 15) is 9.59 Å². The average molecular weight is 432 g/mol. The predicted octanol–water partition coefficient (Wildman–Crippen LogP) is 4.52. The number of nitrogens with one attached hydrogen (secondary N) is 1. The van der Waals surface area contributed by atoms with Crippen LogP contribution in [-0.2, 0) is 28.9 Å². The smallest absolute Gasteiger partial charge is 0.315 e. The zero-order valence-corrected chi connectivity index (χ0v) is 18.5. The molecule has 0 radical (unpaired) electrons. The van der Waals surface area contributed by atoms with E-state index < -0.39 is 0 Å². The summed E-state index contributed by atoms with van der Waals surface area (Å²) >= 11 is 0. The summed E-state index contributed by atoms with van der Waals surface area (Å²) in [7, 11) is 1.56. The Morgan fingerprint density at radius 1 is 0.812 bits per heavy atom. The fourth-order valence-corrected chi connectivity index (χ4v) is 3.44. The molecule has 0 aliphatic rings. The van der Waals surface area contributed by atoms with Gasteiger partial charge in [0, 0.05) is 6.04 Å². The number of hydrogen-bond donors (Lipinski definition) is 1. The minimum Gasteiger partial charge on any atom is -0.493 e. The molecule has 0 aliphatic carbocycles. The molecule has 0 unspecified atom stereocenters. The fourth-order valence-electron chi connectivity index (χ4n) is 3.44. The molecule has 0 saturated carbocycles. The van der Waals surface area contributed by atoms with Crippen LogP contribution in [0.4, 0.5) is 0 Å². The second-order valence-electron chi connectivity index (χ2n) is 7.79. The van der Waals surface area contributed by atoms with Crippen LogP contribution in [0.15, 0.2) is 78.9 Å². The largest absolute Gasteiger partial charge is 0.493 e. The van der Waals surface area contributed by atoms with Crippen molar-refractivity contribution in [1.29, 1.82) is 0 Å². The van der Waals surface area contributed by atoms with Crippen LogP contribution in [0.25, 0.3) is 0 Å². The molecule has 5 heteroatoms. The van der Waals surface area contributed by atoms with Crippen LogP contribution in [0.5, 0.6) is 11.5 Å². The highest BCUT2D eigenvalue weighted by Crippen LogP contribution is 2.29. The lowest BCUT2D eigenvalue weighted by molar-refractivity contribution is -0.133. The van der Waals surface area contributed by atoms with Gasteiger partial charge in [-0.1, -0.05) is 66.7 Å². The molecule has 1 amide bonds. The van der Waals surface area contributed by atoms with Gasteiger partial charge in [0.2, 0.25) is 5.91 Å². The maximum atomic E-state index is 12.3. The topological polar surface area (TPSA) is 64.6 Å². The van der Waals surface area contributed by atoms with Crippen molar-refractivity contribution in [2.24, 2.45) is 0 Å². The fraction of sp³-hybridized carbons (Fsp3) is 0.259. The van der Waals surface area contributed by atoms with Crippen molar-refractivity contribution in [2.45, 2.75) is 38.6 Å². The van der Waals surface area contributed by atoms with Gasteiger partial charge in [0.05, 0.1) is 20.0 Å². The van der Waals surface area contributed by atoms with Gasteiger partial charge in [0.1, 0.15) is 0 Å². The van der Waals surface area contributed by atoms with Crippen molar-refractivity contribution < 1.29 is 19.1 Å². The van der Waals surface area contributed by atoms with E-state index in [4.69, 9.17) is 9.47 Å². The lowest BCUT2D eigenvalue weighted by atomic mass is 10.0. The summed E-state index contributed by atoms with van der Waals surface area (Å²) in [5, 5.41) is 3.05. The Morgan fingerprint density at radius 2 is 1.44 bits per heavy atom. The van der Waals surface area contributed by atoms with Gasteiger partial charge in [0.15, 0.2) is 11.5 Å². The standard InChI is InChI=1S/C27H29NO4/c1-20(28-26(29)18-21-9-5-3-6-10-21)13-14-23-15-16-24(25(17-23)31-2)32-27(30)19-22-11-7-4-8-12-22/h3-12,15-17,20H,13-14,18-19H2,1-2H3,(H,28,29)/t20-/m0/s1. The van der Waals surface area contributed by atoms with Crippen LogP contribution in [0.2, 0.25) is 0 Å². The van der Waals surface area contributed by atoms with Crippen LogP contribution in [0, 0.1) is 0 Å². The minimum atomic E-state index is -0.336. The van der Waals surface area contributed by atoms with Crippen LogP contribution >= 0.6 is 0 Å². The first-order chi connectivity index (χ1) is 15.5. The highest BCUT2D eigenvalue weighted by Gasteiger charge is 2.13. The van der Waals surface area contributed by atoms with Gasteiger partial charge in [-0.3, -0.25) is 9.59 Å². The highest BCUT2D eigenvalue weighted by atomic mass is 16.6. The number of ether oxygens (including phenoxy) is 2. The number of benzene rings is 3. The first-order valence-corrected chi connectivity index (χ1v) is 10.8. The summed E-state index contributed by atoms with van der Waals surface area (Å²) in [6.07, 6.45) is 2.13. The summed E-state index contributed by atoms with van der Waals surface area (Å²) in [5.41, 5.74) is 2.95. The molecule has 0 bridgehead atoms. The summed E-state index contributed by atoms with van der Waals surface area (Å²) < 4.78 is 10.9. The third-order valence-electron chi connectivity index (χ3n) is 5.12. The van der Waals surface area contributed by atoms with E-state index in [-0.39, 0.29) is 24.3 Å². The van der Waals surface area contributed by atoms with E-state index in [1.165, 1.54) is 0 Å². The lowest BCUT2D eigenvalue weighted by Crippen LogP contribution is -2.34. The second-order valence-corrected chi connectivity index (χ2v) is 7.79. The molecular formula is C27H29NO4. The Hall–Kier alpha value is -3.60. The number of rotatable bonds is 10. The van der Waals surface area contributed by atoms with E-state index in [2.05, 4.69) is 5.32 Å². The molecule has 3 aromatic carbocycles. The Morgan fingerprint density at radius 3 is 2.06 bits per heavy atom. The third-order valence-corrected chi connectivity index (χ3v) is 5.12. The number of carbonyl (C=O) groups excluding carboxylic acids is 2. The van der Waals surface area contributed by atoms with Gasteiger partial charge in [-0.25, -0.2) is 0 Å². The number of amides is 1. The highest BCUT2D eigenvalue weighted by molar-refractivity contribution is 5.78. The number of aryl methyl sites for hydroxylation is 1. The van der Waals surface area contributed by atoms with Crippen molar-refractivity contribution >= 4 is 11.9 Å². The molecule has 0 aromatic heterocycles. The molecule has 3 rings (SSSR count). The molecule has 0 spiro atoms. The molecule has 0 heterocycles. The number of hydrogen-bond acceptors (Lipinski definition) is 4. The van der Waals surface area contributed by atoms with Crippen LogP contribution in [0.3, 0.4) is 0 Å². The third kappa shape index (κ3) is 7.27. The summed E-state index contributed by atoms with van der Waals surface area (Å²) in [4.78, 5) is 24.5. The Bertz CT molecular complexity index is 1020. The summed E-state index contributed by atoms with van der Waals surface area (Å²) in [6.45, 7) is 2.00. The van der Waals surface area contributed by atoms with Crippen LogP contribution in [0.1, 0.15) is 30.0 Å². The quantitative estimate of drug-likeness (QED) is 0.379. The maximum Gasteiger partial charge on any atom is 0.315 e. The molecule has 5 nitrogen and oxygen atoms in total.